The molecule has 0 aliphatic rings. The molecule has 1 aromatic carbocycles. The molecule has 100 valence electrons. The minimum atomic E-state index is 0.0522. The van der Waals surface area contributed by atoms with Crippen LogP contribution >= 0.6 is 0 Å². The van der Waals surface area contributed by atoms with E-state index in [4.69, 9.17) is 4.42 Å². The van der Waals surface area contributed by atoms with Crippen molar-refractivity contribution in [2.24, 2.45) is 0 Å². The number of aryl methyl sites for hydroxylation is 3. The molecule has 0 aliphatic heterocycles. The number of hydrogen-bond acceptors (Lipinski definition) is 2. The van der Waals surface area contributed by atoms with E-state index in [1.54, 1.807) is 6.26 Å². The molecule has 2 aromatic rings. The van der Waals surface area contributed by atoms with Gasteiger partial charge in [-0.25, -0.2) is 0 Å². The Labute approximate surface area is 113 Å². The molecule has 0 aliphatic carbocycles. The number of rotatable bonds is 5. The third kappa shape index (κ3) is 3.98. The van der Waals surface area contributed by atoms with Gasteiger partial charge in [0.15, 0.2) is 0 Å². The van der Waals surface area contributed by atoms with Crippen molar-refractivity contribution in [1.29, 1.82) is 0 Å². The number of benzene rings is 1. The van der Waals surface area contributed by atoms with E-state index in [0.29, 0.717) is 19.4 Å². The van der Waals surface area contributed by atoms with Gasteiger partial charge in [0.1, 0.15) is 5.76 Å². The average Bonchev–Trinajstić information content (AvgIpc) is 2.88. The van der Waals surface area contributed by atoms with Crippen molar-refractivity contribution in [2.75, 3.05) is 0 Å². The fraction of sp³-hybridized carbons (Fsp3) is 0.312. The van der Waals surface area contributed by atoms with Crippen LogP contribution in [0.1, 0.15) is 28.9 Å². The van der Waals surface area contributed by atoms with Crippen LogP contribution in [0.3, 0.4) is 0 Å². The highest BCUT2D eigenvalue weighted by Gasteiger charge is 2.05. The lowest BCUT2D eigenvalue weighted by molar-refractivity contribution is -0.121. The van der Waals surface area contributed by atoms with Crippen LogP contribution in [0.5, 0.6) is 0 Å². The second kappa shape index (κ2) is 6.23. The maximum Gasteiger partial charge on any atom is 0.220 e. The highest BCUT2D eigenvalue weighted by atomic mass is 16.3. The first-order chi connectivity index (χ1) is 9.15. The van der Waals surface area contributed by atoms with E-state index in [1.165, 1.54) is 11.1 Å². The van der Waals surface area contributed by atoms with E-state index in [2.05, 4.69) is 37.4 Å². The zero-order chi connectivity index (χ0) is 13.7. The Kier molecular flexibility index (Phi) is 4.39. The fourth-order valence-corrected chi connectivity index (χ4v) is 2.02. The Balaban J connectivity index is 1.80. The first kappa shape index (κ1) is 13.4. The van der Waals surface area contributed by atoms with Crippen LogP contribution in [0.25, 0.3) is 0 Å². The van der Waals surface area contributed by atoms with Crippen LogP contribution in [0, 0.1) is 13.8 Å². The van der Waals surface area contributed by atoms with Crippen LogP contribution in [0.4, 0.5) is 0 Å². The predicted molar refractivity (Wildman–Crippen MR) is 74.8 cm³/mol. The highest BCUT2D eigenvalue weighted by molar-refractivity contribution is 5.76. The van der Waals surface area contributed by atoms with Gasteiger partial charge in [0.2, 0.25) is 5.91 Å². The summed E-state index contributed by atoms with van der Waals surface area (Å²) in [4.78, 5) is 11.7. The molecule has 1 N–H and O–H groups in total. The number of amides is 1. The third-order valence-corrected chi connectivity index (χ3v) is 3.15. The molecule has 3 heteroatoms. The monoisotopic (exact) mass is 257 g/mol. The van der Waals surface area contributed by atoms with Crippen molar-refractivity contribution in [3.8, 4) is 0 Å². The number of hydrogen-bond donors (Lipinski definition) is 1. The zero-order valence-electron chi connectivity index (χ0n) is 11.4. The van der Waals surface area contributed by atoms with Crippen LogP contribution in [-0.2, 0) is 17.8 Å². The van der Waals surface area contributed by atoms with E-state index < -0.39 is 0 Å². The lowest BCUT2D eigenvalue weighted by Gasteiger charge is -2.08. The third-order valence-electron chi connectivity index (χ3n) is 3.15. The molecule has 0 bridgehead atoms. The molecule has 0 saturated carbocycles. The van der Waals surface area contributed by atoms with Gasteiger partial charge in [-0.05, 0) is 37.1 Å². The van der Waals surface area contributed by atoms with E-state index in [1.807, 2.05) is 12.1 Å². The van der Waals surface area contributed by atoms with Crippen molar-refractivity contribution >= 4 is 5.91 Å². The molecule has 19 heavy (non-hydrogen) atoms. The molecular weight excluding hydrogens is 238 g/mol. The number of carbonyl (C=O) groups excluding carboxylic acids is 1. The molecule has 0 saturated heterocycles. The summed E-state index contributed by atoms with van der Waals surface area (Å²) in [6, 6.07) is 9.99. The van der Waals surface area contributed by atoms with Gasteiger partial charge in [-0.2, -0.15) is 0 Å². The summed E-state index contributed by atoms with van der Waals surface area (Å²) in [6.45, 7) is 4.72. The van der Waals surface area contributed by atoms with E-state index in [9.17, 15) is 4.79 Å². The summed E-state index contributed by atoms with van der Waals surface area (Å²) in [7, 11) is 0. The van der Waals surface area contributed by atoms with Crippen LogP contribution in [-0.4, -0.2) is 5.91 Å². The number of furan rings is 1. The molecule has 3 nitrogen and oxygen atoms in total. The van der Waals surface area contributed by atoms with E-state index >= 15 is 0 Å². The van der Waals surface area contributed by atoms with Crippen LogP contribution in [0.15, 0.2) is 41.0 Å². The molecular formula is C16H19NO2. The summed E-state index contributed by atoms with van der Waals surface area (Å²) < 4.78 is 5.20. The first-order valence-electron chi connectivity index (χ1n) is 6.50. The lowest BCUT2D eigenvalue weighted by atomic mass is 10.1. The fourth-order valence-electron chi connectivity index (χ4n) is 2.02. The summed E-state index contributed by atoms with van der Waals surface area (Å²) in [5, 5.41) is 2.94. The van der Waals surface area contributed by atoms with Gasteiger partial charge in [0.25, 0.3) is 0 Å². The number of carbonyl (C=O) groups is 1. The smallest absolute Gasteiger partial charge is 0.220 e. The minimum absolute atomic E-state index is 0.0522. The SMILES string of the molecule is Cc1ccc(CNC(=O)CCc2ccco2)c(C)c1. The molecule has 0 atom stereocenters. The summed E-state index contributed by atoms with van der Waals surface area (Å²) in [5.41, 5.74) is 3.62. The summed E-state index contributed by atoms with van der Waals surface area (Å²) in [5.74, 6) is 0.901. The van der Waals surface area contributed by atoms with Gasteiger partial charge in [-0.3, -0.25) is 4.79 Å². The van der Waals surface area contributed by atoms with Crippen molar-refractivity contribution in [3.63, 3.8) is 0 Å². The molecule has 1 heterocycles. The second-order valence-corrected chi connectivity index (χ2v) is 4.79. The summed E-state index contributed by atoms with van der Waals surface area (Å²) in [6.07, 6.45) is 2.73. The average molecular weight is 257 g/mol. The molecule has 0 radical (unpaired) electrons. The minimum Gasteiger partial charge on any atom is -0.469 e. The Hall–Kier alpha value is -2.03. The number of nitrogens with one attached hydrogen (secondary N) is 1. The van der Waals surface area contributed by atoms with Gasteiger partial charge in [-0.15, -0.1) is 0 Å². The van der Waals surface area contributed by atoms with Gasteiger partial charge in [0, 0.05) is 19.4 Å². The molecule has 0 unspecified atom stereocenters. The maximum atomic E-state index is 11.7. The van der Waals surface area contributed by atoms with Crippen molar-refractivity contribution < 1.29 is 9.21 Å². The standard InChI is InChI=1S/C16H19NO2/c1-12-5-6-14(13(2)10-12)11-17-16(18)8-7-15-4-3-9-19-15/h3-6,9-10H,7-8,11H2,1-2H3,(H,17,18). The van der Waals surface area contributed by atoms with E-state index in [0.717, 1.165) is 11.3 Å². The van der Waals surface area contributed by atoms with Crippen LogP contribution in [0.2, 0.25) is 0 Å². The molecule has 1 amide bonds. The Morgan fingerprint density at radius 3 is 2.79 bits per heavy atom. The molecule has 0 fully saturated rings. The van der Waals surface area contributed by atoms with Crippen molar-refractivity contribution in [3.05, 3.63) is 59.0 Å². The largest absolute Gasteiger partial charge is 0.469 e. The zero-order valence-corrected chi connectivity index (χ0v) is 11.4. The second-order valence-electron chi connectivity index (χ2n) is 4.79. The van der Waals surface area contributed by atoms with Gasteiger partial charge in [0.05, 0.1) is 6.26 Å². The Bertz CT molecular complexity index is 544. The quantitative estimate of drug-likeness (QED) is 0.894. The highest BCUT2D eigenvalue weighted by Crippen LogP contribution is 2.10. The first-order valence-corrected chi connectivity index (χ1v) is 6.50. The Morgan fingerprint density at radius 1 is 1.26 bits per heavy atom. The van der Waals surface area contributed by atoms with Gasteiger partial charge >= 0.3 is 0 Å². The predicted octanol–water partition coefficient (Wildman–Crippen LogP) is 3.15. The maximum absolute atomic E-state index is 11.7. The topological polar surface area (TPSA) is 42.2 Å². The normalized spacial score (nSPS) is 10.4. The summed E-state index contributed by atoms with van der Waals surface area (Å²) >= 11 is 0. The molecule has 0 spiro atoms. The van der Waals surface area contributed by atoms with Gasteiger partial charge in [-0.1, -0.05) is 23.8 Å². The van der Waals surface area contributed by atoms with E-state index in [-0.39, 0.29) is 5.91 Å². The molecule has 1 aromatic heterocycles. The lowest BCUT2D eigenvalue weighted by Crippen LogP contribution is -2.23. The van der Waals surface area contributed by atoms with Crippen molar-refractivity contribution in [1.82, 2.24) is 5.32 Å². The Morgan fingerprint density at radius 2 is 2.11 bits per heavy atom. The van der Waals surface area contributed by atoms with Gasteiger partial charge < -0.3 is 9.73 Å². The molecule has 2 rings (SSSR count). The van der Waals surface area contributed by atoms with Crippen molar-refractivity contribution in [2.45, 2.75) is 33.2 Å². The van der Waals surface area contributed by atoms with Crippen LogP contribution < -0.4 is 5.32 Å².